The van der Waals surface area contributed by atoms with Crippen LogP contribution in [-0.2, 0) is 11.2 Å². The van der Waals surface area contributed by atoms with Crippen LogP contribution in [0.15, 0.2) is 24.3 Å². The van der Waals surface area contributed by atoms with Gasteiger partial charge < -0.3 is 10.0 Å². The lowest BCUT2D eigenvalue weighted by Crippen LogP contribution is -2.51. The van der Waals surface area contributed by atoms with E-state index in [0.717, 1.165) is 19.5 Å². The van der Waals surface area contributed by atoms with Gasteiger partial charge >= 0.3 is 0 Å². The first-order valence-corrected chi connectivity index (χ1v) is 7.34. The first-order valence-electron chi connectivity index (χ1n) is 7.34. The normalized spacial score (nSPS) is 17.2. The van der Waals surface area contributed by atoms with Crippen LogP contribution >= 0.6 is 0 Å². The highest BCUT2D eigenvalue weighted by Crippen LogP contribution is 2.17. The molecule has 2 rings (SSSR count). The van der Waals surface area contributed by atoms with Crippen molar-refractivity contribution in [3.63, 3.8) is 0 Å². The molecule has 0 radical (unpaired) electrons. The third-order valence-corrected chi connectivity index (χ3v) is 3.98. The van der Waals surface area contributed by atoms with Crippen molar-refractivity contribution in [2.24, 2.45) is 0 Å². The van der Waals surface area contributed by atoms with E-state index in [1.165, 1.54) is 0 Å². The Kier molecular flexibility index (Phi) is 5.18. The Morgan fingerprint density at radius 3 is 2.57 bits per heavy atom. The van der Waals surface area contributed by atoms with Crippen molar-refractivity contribution in [3.8, 4) is 11.8 Å². The molecule has 1 aliphatic rings. The Hall–Kier alpha value is -2.06. The van der Waals surface area contributed by atoms with Gasteiger partial charge in [0.05, 0.1) is 18.5 Å². The summed E-state index contributed by atoms with van der Waals surface area (Å²) in [5.41, 5.74) is 0.661. The number of carbonyl (C=O) groups is 1. The van der Waals surface area contributed by atoms with Gasteiger partial charge in [0.25, 0.3) is 0 Å². The summed E-state index contributed by atoms with van der Waals surface area (Å²) in [7, 11) is 0. The molecular formula is C16H21N3O2. The van der Waals surface area contributed by atoms with E-state index < -0.39 is 0 Å². The molecule has 1 heterocycles. The van der Waals surface area contributed by atoms with Gasteiger partial charge in [0.1, 0.15) is 5.75 Å². The van der Waals surface area contributed by atoms with Gasteiger partial charge in [-0.05, 0) is 12.5 Å². The van der Waals surface area contributed by atoms with E-state index in [1.807, 2.05) is 17.9 Å². The van der Waals surface area contributed by atoms with E-state index >= 15 is 0 Å². The molecule has 1 unspecified atom stereocenters. The molecule has 1 N–H and O–H groups in total. The maximum atomic E-state index is 12.3. The first kappa shape index (κ1) is 15.3. The van der Waals surface area contributed by atoms with Crippen LogP contribution in [0, 0.1) is 11.3 Å². The van der Waals surface area contributed by atoms with Gasteiger partial charge in [-0.25, -0.2) is 0 Å². The molecule has 0 bridgehead atoms. The van der Waals surface area contributed by atoms with Crippen molar-refractivity contribution < 1.29 is 9.90 Å². The maximum absolute atomic E-state index is 12.3. The van der Waals surface area contributed by atoms with Gasteiger partial charge in [0, 0.05) is 31.7 Å². The highest BCUT2D eigenvalue weighted by molar-refractivity contribution is 5.79. The zero-order valence-electron chi connectivity index (χ0n) is 12.3. The average Bonchev–Trinajstić information content (AvgIpc) is 2.51. The smallest absolute Gasteiger partial charge is 0.227 e. The summed E-state index contributed by atoms with van der Waals surface area (Å²) in [6.45, 7) is 4.76. The summed E-state index contributed by atoms with van der Waals surface area (Å²) in [6.07, 6.45) is 1.03. The second kappa shape index (κ2) is 7.09. The average molecular weight is 287 g/mol. The molecule has 1 aliphatic heterocycles. The zero-order valence-corrected chi connectivity index (χ0v) is 12.3. The van der Waals surface area contributed by atoms with Crippen LogP contribution in [0.3, 0.4) is 0 Å². The molecule has 0 aliphatic carbocycles. The van der Waals surface area contributed by atoms with Crippen LogP contribution in [-0.4, -0.2) is 53.0 Å². The molecule has 1 saturated heterocycles. The number of phenolic OH excluding ortho intramolecular Hbond substituents is 1. The van der Waals surface area contributed by atoms with Crippen LogP contribution in [0.2, 0.25) is 0 Å². The summed E-state index contributed by atoms with van der Waals surface area (Å²) in [5, 5.41) is 18.8. The third kappa shape index (κ3) is 3.73. The number of carbonyl (C=O) groups excluding carboxylic acids is 1. The Morgan fingerprint density at radius 1 is 1.33 bits per heavy atom. The fourth-order valence-electron chi connectivity index (χ4n) is 2.65. The highest BCUT2D eigenvalue weighted by Gasteiger charge is 2.25. The Bertz CT molecular complexity index is 531. The summed E-state index contributed by atoms with van der Waals surface area (Å²) in [6, 6.07) is 9.18. The molecule has 1 fully saturated rings. The number of nitriles is 1. The lowest BCUT2D eigenvalue weighted by atomic mass is 10.1. The lowest BCUT2D eigenvalue weighted by Gasteiger charge is -2.36. The van der Waals surface area contributed by atoms with Crippen molar-refractivity contribution in [2.45, 2.75) is 25.8 Å². The monoisotopic (exact) mass is 287 g/mol. The second-order valence-electron chi connectivity index (χ2n) is 5.28. The topological polar surface area (TPSA) is 67.6 Å². The minimum absolute atomic E-state index is 0.0288. The molecule has 112 valence electrons. The van der Waals surface area contributed by atoms with Gasteiger partial charge in [-0.1, -0.05) is 25.1 Å². The number of piperazine rings is 1. The van der Waals surface area contributed by atoms with Crippen LogP contribution < -0.4 is 0 Å². The standard InChI is InChI=1S/C16H21N3O2/c1-2-14(12-17)18-7-9-19(10-8-18)16(21)11-13-5-3-4-6-15(13)20/h3-6,14,20H,2,7-11H2,1H3. The number of benzene rings is 1. The fraction of sp³-hybridized carbons (Fsp3) is 0.500. The predicted molar refractivity (Wildman–Crippen MR) is 79.7 cm³/mol. The van der Waals surface area contributed by atoms with Gasteiger partial charge in [-0.15, -0.1) is 0 Å². The Morgan fingerprint density at radius 2 is 2.00 bits per heavy atom. The SMILES string of the molecule is CCC(C#N)N1CCN(C(=O)Cc2ccccc2O)CC1. The van der Waals surface area contributed by atoms with Crippen molar-refractivity contribution in [3.05, 3.63) is 29.8 Å². The number of para-hydroxylation sites is 1. The molecule has 1 atom stereocenters. The molecule has 1 aromatic carbocycles. The van der Waals surface area contributed by atoms with E-state index in [9.17, 15) is 9.90 Å². The van der Waals surface area contributed by atoms with Gasteiger partial charge in [0.2, 0.25) is 5.91 Å². The van der Waals surface area contributed by atoms with E-state index in [4.69, 9.17) is 5.26 Å². The number of rotatable bonds is 4. The number of aromatic hydroxyl groups is 1. The third-order valence-electron chi connectivity index (χ3n) is 3.98. The molecule has 1 aromatic rings. The molecule has 5 nitrogen and oxygen atoms in total. The van der Waals surface area contributed by atoms with Crippen LogP contribution in [0.4, 0.5) is 0 Å². The van der Waals surface area contributed by atoms with Gasteiger partial charge in [-0.2, -0.15) is 5.26 Å². The number of hydrogen-bond donors (Lipinski definition) is 1. The largest absolute Gasteiger partial charge is 0.508 e. The van der Waals surface area contributed by atoms with Crippen LogP contribution in [0.5, 0.6) is 5.75 Å². The van der Waals surface area contributed by atoms with E-state index in [0.29, 0.717) is 18.7 Å². The lowest BCUT2D eigenvalue weighted by molar-refractivity contribution is -0.132. The number of nitrogens with zero attached hydrogens (tertiary/aromatic N) is 3. The van der Waals surface area contributed by atoms with Crippen LogP contribution in [0.25, 0.3) is 0 Å². The van der Waals surface area contributed by atoms with Crippen molar-refractivity contribution in [1.82, 2.24) is 9.80 Å². The zero-order chi connectivity index (χ0) is 15.2. The van der Waals surface area contributed by atoms with Gasteiger partial charge in [-0.3, -0.25) is 9.69 Å². The molecule has 5 heteroatoms. The van der Waals surface area contributed by atoms with Crippen molar-refractivity contribution >= 4 is 5.91 Å². The van der Waals surface area contributed by atoms with Gasteiger partial charge in [0.15, 0.2) is 0 Å². The summed E-state index contributed by atoms with van der Waals surface area (Å²) >= 11 is 0. The first-order chi connectivity index (χ1) is 10.2. The van der Waals surface area contributed by atoms with E-state index in [1.54, 1.807) is 18.2 Å². The highest BCUT2D eigenvalue weighted by atomic mass is 16.3. The minimum atomic E-state index is -0.0552. The molecule has 0 spiro atoms. The van der Waals surface area contributed by atoms with Crippen molar-refractivity contribution in [1.29, 1.82) is 5.26 Å². The summed E-state index contributed by atoms with van der Waals surface area (Å²) in [4.78, 5) is 16.2. The number of hydrogen-bond acceptors (Lipinski definition) is 4. The molecule has 21 heavy (non-hydrogen) atoms. The molecule has 0 saturated carbocycles. The second-order valence-corrected chi connectivity index (χ2v) is 5.28. The van der Waals surface area contributed by atoms with E-state index in [-0.39, 0.29) is 24.1 Å². The minimum Gasteiger partial charge on any atom is -0.508 e. The quantitative estimate of drug-likeness (QED) is 0.908. The number of amides is 1. The van der Waals surface area contributed by atoms with E-state index in [2.05, 4.69) is 11.0 Å². The Balaban J connectivity index is 1.89. The summed E-state index contributed by atoms with van der Waals surface area (Å²) < 4.78 is 0. The summed E-state index contributed by atoms with van der Waals surface area (Å²) in [5.74, 6) is 0.196. The fourth-order valence-corrected chi connectivity index (χ4v) is 2.65. The molecule has 1 amide bonds. The van der Waals surface area contributed by atoms with Crippen LogP contribution in [0.1, 0.15) is 18.9 Å². The molecular weight excluding hydrogens is 266 g/mol. The number of phenols is 1. The van der Waals surface area contributed by atoms with Crippen molar-refractivity contribution in [2.75, 3.05) is 26.2 Å². The predicted octanol–water partition coefficient (Wildman–Crippen LogP) is 1.38. The maximum Gasteiger partial charge on any atom is 0.227 e. The molecule has 0 aromatic heterocycles. The Labute approximate surface area is 125 Å².